The summed E-state index contributed by atoms with van der Waals surface area (Å²) >= 11 is 0. The fourth-order valence-corrected chi connectivity index (χ4v) is 3.79. The molecule has 8 nitrogen and oxygen atoms in total. The van der Waals surface area contributed by atoms with Crippen LogP contribution in [0.3, 0.4) is 0 Å². The Bertz CT molecular complexity index is 1100. The lowest BCUT2D eigenvalue weighted by atomic mass is 10.0. The van der Waals surface area contributed by atoms with Crippen LogP contribution in [0.25, 0.3) is 0 Å². The summed E-state index contributed by atoms with van der Waals surface area (Å²) in [5.74, 6) is -0.881. The Morgan fingerprint density at radius 2 is 2.06 bits per heavy atom. The molecule has 0 bridgehead atoms. The summed E-state index contributed by atoms with van der Waals surface area (Å²) in [5.41, 5.74) is -0.457. The van der Waals surface area contributed by atoms with Crippen molar-refractivity contribution >= 4 is 17.5 Å². The van der Waals surface area contributed by atoms with Gasteiger partial charge in [-0.05, 0) is 36.8 Å². The minimum Gasteiger partial charge on any atom is -0.383 e. The number of halogens is 3. The molecule has 180 valence electrons. The molecule has 0 aliphatic carbocycles. The van der Waals surface area contributed by atoms with Crippen LogP contribution in [0.1, 0.15) is 27.2 Å². The molecule has 1 atom stereocenters. The number of pyridine rings is 1. The van der Waals surface area contributed by atoms with Crippen molar-refractivity contribution in [2.45, 2.75) is 19.1 Å². The zero-order valence-electron chi connectivity index (χ0n) is 18.7. The second kappa shape index (κ2) is 10.5. The highest BCUT2D eigenvalue weighted by atomic mass is 19.4. The second-order valence-electron chi connectivity index (χ2n) is 7.75. The average Bonchev–Trinajstić information content (AvgIpc) is 2.82. The van der Waals surface area contributed by atoms with Gasteiger partial charge in [0.05, 0.1) is 23.8 Å². The van der Waals surface area contributed by atoms with Gasteiger partial charge < -0.3 is 19.9 Å². The van der Waals surface area contributed by atoms with E-state index in [1.807, 2.05) is 0 Å². The number of amides is 2. The first-order valence-electron chi connectivity index (χ1n) is 10.5. The van der Waals surface area contributed by atoms with E-state index in [1.165, 1.54) is 24.3 Å². The van der Waals surface area contributed by atoms with Crippen molar-refractivity contribution in [3.63, 3.8) is 0 Å². The number of rotatable bonds is 6. The predicted molar refractivity (Wildman–Crippen MR) is 117 cm³/mol. The van der Waals surface area contributed by atoms with E-state index in [0.29, 0.717) is 5.56 Å². The number of ether oxygens (including phenoxy) is 1. The van der Waals surface area contributed by atoms with Gasteiger partial charge in [-0.1, -0.05) is 6.07 Å². The Hall–Kier alpha value is -3.65. The van der Waals surface area contributed by atoms with Gasteiger partial charge in [0.25, 0.3) is 5.91 Å². The SMILES string of the molecule is COCCNC(=O)C1CN(c2ccc(C#N)c(C(F)(F)F)c2)CCN1C(=O)c1ncccc1C. The van der Waals surface area contributed by atoms with Crippen LogP contribution >= 0.6 is 0 Å². The molecule has 1 saturated heterocycles. The Morgan fingerprint density at radius 3 is 2.71 bits per heavy atom. The molecule has 3 rings (SSSR count). The number of carbonyl (C=O) groups is 2. The van der Waals surface area contributed by atoms with Crippen LogP contribution in [0.2, 0.25) is 0 Å². The first-order chi connectivity index (χ1) is 16.2. The minimum absolute atomic E-state index is 0.0281. The van der Waals surface area contributed by atoms with Crippen LogP contribution in [0.5, 0.6) is 0 Å². The minimum atomic E-state index is -4.70. The summed E-state index contributed by atoms with van der Waals surface area (Å²) < 4.78 is 45.3. The summed E-state index contributed by atoms with van der Waals surface area (Å²) in [7, 11) is 1.48. The molecule has 1 fully saturated rings. The Morgan fingerprint density at radius 1 is 1.29 bits per heavy atom. The Labute approximate surface area is 194 Å². The fraction of sp³-hybridized carbons (Fsp3) is 0.391. The number of piperazine rings is 1. The molecule has 1 N–H and O–H groups in total. The third-order valence-corrected chi connectivity index (χ3v) is 5.56. The number of aryl methyl sites for hydroxylation is 1. The predicted octanol–water partition coefficient (Wildman–Crippen LogP) is 2.37. The van der Waals surface area contributed by atoms with Crippen molar-refractivity contribution in [2.24, 2.45) is 0 Å². The first kappa shape index (κ1) is 25.0. The van der Waals surface area contributed by atoms with Crippen molar-refractivity contribution in [3.05, 3.63) is 58.9 Å². The maximum absolute atomic E-state index is 13.4. The zero-order valence-corrected chi connectivity index (χ0v) is 18.7. The van der Waals surface area contributed by atoms with Crippen LogP contribution < -0.4 is 10.2 Å². The van der Waals surface area contributed by atoms with Crippen molar-refractivity contribution in [1.82, 2.24) is 15.2 Å². The molecule has 0 spiro atoms. The maximum Gasteiger partial charge on any atom is 0.417 e. The number of aromatic nitrogens is 1. The standard InChI is InChI=1S/C23H24F3N5O3/c1-15-4-3-7-28-20(15)22(33)31-10-9-30(14-19(31)21(32)29-8-11-34-2)17-6-5-16(13-27)18(12-17)23(24,25)26/h3-7,12,19H,8-11,14H2,1-2H3,(H,29,32). The number of carbonyl (C=O) groups excluding carboxylic acids is 2. The Kier molecular flexibility index (Phi) is 7.73. The van der Waals surface area contributed by atoms with Crippen LogP contribution in [-0.4, -0.2) is 67.6 Å². The topological polar surface area (TPSA) is 98.6 Å². The largest absolute Gasteiger partial charge is 0.417 e. The van der Waals surface area contributed by atoms with Crippen LogP contribution in [0.4, 0.5) is 18.9 Å². The molecule has 1 unspecified atom stereocenters. The molecule has 1 aromatic carbocycles. The van der Waals surface area contributed by atoms with Gasteiger partial charge in [0, 0.05) is 45.2 Å². The number of hydrogen-bond acceptors (Lipinski definition) is 6. The summed E-state index contributed by atoms with van der Waals surface area (Å²) in [6.45, 7) is 2.48. The number of nitrogens with zero attached hydrogens (tertiary/aromatic N) is 4. The van der Waals surface area contributed by atoms with Gasteiger partial charge in [-0.3, -0.25) is 14.6 Å². The molecule has 1 aliphatic heterocycles. The molecule has 0 radical (unpaired) electrons. The highest BCUT2D eigenvalue weighted by Crippen LogP contribution is 2.35. The molecule has 34 heavy (non-hydrogen) atoms. The maximum atomic E-state index is 13.4. The molecule has 1 aliphatic rings. The number of benzene rings is 1. The number of nitrogens with one attached hydrogen (secondary N) is 1. The van der Waals surface area contributed by atoms with Gasteiger partial charge >= 0.3 is 6.18 Å². The van der Waals surface area contributed by atoms with E-state index in [1.54, 1.807) is 30.0 Å². The summed E-state index contributed by atoms with van der Waals surface area (Å²) in [5, 5.41) is 11.8. The first-order valence-corrected chi connectivity index (χ1v) is 10.5. The van der Waals surface area contributed by atoms with Gasteiger partial charge in [0.1, 0.15) is 11.7 Å². The van der Waals surface area contributed by atoms with E-state index in [0.717, 1.165) is 12.1 Å². The number of methoxy groups -OCH3 is 1. The molecule has 11 heteroatoms. The smallest absolute Gasteiger partial charge is 0.383 e. The molecular weight excluding hydrogens is 451 g/mol. The van der Waals surface area contributed by atoms with E-state index in [4.69, 9.17) is 10.00 Å². The number of hydrogen-bond donors (Lipinski definition) is 1. The highest BCUT2D eigenvalue weighted by molar-refractivity contribution is 5.97. The van der Waals surface area contributed by atoms with E-state index in [9.17, 15) is 22.8 Å². The van der Waals surface area contributed by atoms with Crippen LogP contribution in [0.15, 0.2) is 36.5 Å². The quantitative estimate of drug-likeness (QED) is 0.645. The molecular formula is C23H24F3N5O3. The third-order valence-electron chi connectivity index (χ3n) is 5.56. The van der Waals surface area contributed by atoms with Gasteiger partial charge in [0.15, 0.2) is 0 Å². The summed E-state index contributed by atoms with van der Waals surface area (Å²) in [6, 6.07) is 7.45. The van der Waals surface area contributed by atoms with E-state index in [2.05, 4.69) is 10.3 Å². The van der Waals surface area contributed by atoms with Crippen molar-refractivity contribution in [3.8, 4) is 6.07 Å². The number of alkyl halides is 3. The Balaban J connectivity index is 1.91. The van der Waals surface area contributed by atoms with E-state index in [-0.39, 0.29) is 44.2 Å². The van der Waals surface area contributed by atoms with Gasteiger partial charge in [-0.15, -0.1) is 0 Å². The average molecular weight is 475 g/mol. The highest BCUT2D eigenvalue weighted by Gasteiger charge is 2.38. The normalized spacial score (nSPS) is 16.2. The van der Waals surface area contributed by atoms with E-state index < -0.39 is 35.2 Å². The van der Waals surface area contributed by atoms with Crippen LogP contribution in [0, 0.1) is 18.3 Å². The monoisotopic (exact) mass is 475 g/mol. The fourth-order valence-electron chi connectivity index (χ4n) is 3.79. The third kappa shape index (κ3) is 5.46. The lowest BCUT2D eigenvalue weighted by Gasteiger charge is -2.41. The van der Waals surface area contributed by atoms with Crippen LogP contribution in [-0.2, 0) is 15.7 Å². The van der Waals surface area contributed by atoms with Crippen molar-refractivity contribution < 1.29 is 27.5 Å². The van der Waals surface area contributed by atoms with E-state index >= 15 is 0 Å². The van der Waals surface area contributed by atoms with Gasteiger partial charge in [0.2, 0.25) is 5.91 Å². The molecule has 0 saturated carbocycles. The van der Waals surface area contributed by atoms with Gasteiger partial charge in [-0.25, -0.2) is 0 Å². The second-order valence-corrected chi connectivity index (χ2v) is 7.75. The van der Waals surface area contributed by atoms with Crippen molar-refractivity contribution in [2.75, 3.05) is 44.8 Å². The molecule has 1 aromatic heterocycles. The number of anilines is 1. The molecule has 2 amide bonds. The van der Waals surface area contributed by atoms with Gasteiger partial charge in [-0.2, -0.15) is 18.4 Å². The lowest BCUT2D eigenvalue weighted by molar-refractivity contribution is -0.137. The lowest BCUT2D eigenvalue weighted by Crippen LogP contribution is -2.61. The summed E-state index contributed by atoms with van der Waals surface area (Å²) in [4.78, 5) is 33.3. The molecule has 2 heterocycles. The molecule has 2 aromatic rings. The zero-order chi connectivity index (χ0) is 24.9. The summed E-state index contributed by atoms with van der Waals surface area (Å²) in [6.07, 6.45) is -3.22. The van der Waals surface area contributed by atoms with Crippen molar-refractivity contribution in [1.29, 1.82) is 5.26 Å². The number of nitriles is 1.